The summed E-state index contributed by atoms with van der Waals surface area (Å²) in [6.07, 6.45) is 0. The van der Waals surface area contributed by atoms with Crippen molar-refractivity contribution >= 4 is 34.8 Å². The Bertz CT molecular complexity index is 375. The predicted molar refractivity (Wildman–Crippen MR) is 77.8 cm³/mol. The van der Waals surface area contributed by atoms with Crippen LogP contribution in [0.25, 0.3) is 11.1 Å². The zero-order chi connectivity index (χ0) is 12.7. The van der Waals surface area contributed by atoms with Crippen molar-refractivity contribution in [3.05, 3.63) is 60.7 Å². The molecule has 0 heterocycles. The Morgan fingerprint density at radius 2 is 0.882 bits per heavy atom. The van der Waals surface area contributed by atoms with Crippen LogP contribution < -0.4 is 0 Å². The van der Waals surface area contributed by atoms with Gasteiger partial charge < -0.3 is 0 Å². The minimum absolute atomic E-state index is 1.08. The van der Waals surface area contributed by atoms with Gasteiger partial charge in [0, 0.05) is 0 Å². The largest absolute Gasteiger partial charge is 0.187 e. The van der Waals surface area contributed by atoms with Crippen LogP contribution in [-0.4, -0.2) is 3.79 Å². The van der Waals surface area contributed by atoms with Gasteiger partial charge in [-0.15, -0.1) is 0 Å². The lowest BCUT2D eigenvalue weighted by Gasteiger charge is -1.98. The lowest BCUT2D eigenvalue weighted by molar-refractivity contribution is 1.27. The monoisotopic (exact) mass is 286 g/mol. The summed E-state index contributed by atoms with van der Waals surface area (Å²) in [5.41, 5.74) is 2.55. The Hall–Kier alpha value is -0.690. The third kappa shape index (κ3) is 7.27. The number of hydrogen-bond donors (Lipinski definition) is 0. The highest BCUT2D eigenvalue weighted by Gasteiger charge is 2.07. The normalized spacial score (nSPS) is 10.4. The van der Waals surface area contributed by atoms with Crippen LogP contribution >= 0.6 is 34.8 Å². The molecule has 0 radical (unpaired) electrons. The summed E-state index contributed by atoms with van der Waals surface area (Å²) in [6, 6.07) is 20.8. The van der Waals surface area contributed by atoms with E-state index in [0.717, 1.165) is 0 Å². The van der Waals surface area contributed by atoms with Gasteiger partial charge in [-0.3, -0.25) is 0 Å². The Kier molecular flexibility index (Phi) is 5.84. The molecule has 2 aromatic rings. The molecule has 0 aliphatic rings. The molecule has 0 saturated heterocycles. The molecule has 0 fully saturated rings. The summed E-state index contributed by atoms with van der Waals surface area (Å²) in [5, 5.41) is 0. The molecule has 0 bridgehead atoms. The third-order valence-corrected chi connectivity index (χ3v) is 1.88. The molecule has 90 valence electrons. The maximum atomic E-state index is 5.06. The van der Waals surface area contributed by atoms with Gasteiger partial charge >= 0.3 is 0 Å². The maximum Gasteiger partial charge on any atom is 0.187 e. The highest BCUT2D eigenvalue weighted by Crippen LogP contribution is 2.23. The zero-order valence-electron chi connectivity index (χ0n) is 9.41. The smallest absolute Gasteiger partial charge is 0.0840 e. The van der Waals surface area contributed by atoms with E-state index < -0.39 is 3.79 Å². The van der Waals surface area contributed by atoms with Gasteiger partial charge in [0.25, 0.3) is 0 Å². The van der Waals surface area contributed by atoms with Gasteiger partial charge in [0.1, 0.15) is 0 Å². The lowest BCUT2D eigenvalue weighted by atomic mass is 10.1. The fourth-order valence-corrected chi connectivity index (χ4v) is 1.26. The number of hydrogen-bond acceptors (Lipinski definition) is 0. The summed E-state index contributed by atoms with van der Waals surface area (Å²) in [5.74, 6) is 0. The molecule has 0 unspecified atom stereocenters. The molecule has 0 saturated carbocycles. The quantitative estimate of drug-likeness (QED) is 0.588. The van der Waals surface area contributed by atoms with E-state index in [2.05, 4.69) is 48.5 Å². The fraction of sp³-hybridized carbons (Fsp3) is 0.143. The molecule has 2 aromatic carbocycles. The van der Waals surface area contributed by atoms with Crippen molar-refractivity contribution in [2.24, 2.45) is 0 Å². The van der Waals surface area contributed by atoms with Gasteiger partial charge in [-0.25, -0.2) is 0 Å². The second kappa shape index (κ2) is 6.90. The van der Waals surface area contributed by atoms with Gasteiger partial charge in [0.2, 0.25) is 0 Å². The van der Waals surface area contributed by atoms with Crippen molar-refractivity contribution in [3.63, 3.8) is 0 Å². The Morgan fingerprint density at radius 1 is 0.647 bits per heavy atom. The molecule has 0 nitrogen and oxygen atoms in total. The van der Waals surface area contributed by atoms with Crippen LogP contribution in [0.15, 0.2) is 60.7 Å². The van der Waals surface area contributed by atoms with Gasteiger partial charge in [-0.05, 0) is 18.1 Å². The molecule has 0 aliphatic heterocycles. The van der Waals surface area contributed by atoms with Crippen LogP contribution in [0.5, 0.6) is 0 Å². The highest BCUT2D eigenvalue weighted by atomic mass is 35.6. The molecular formula is C14H13Cl3. The Balaban J connectivity index is 0.000000249. The molecule has 0 spiro atoms. The minimum Gasteiger partial charge on any atom is -0.0840 e. The second-order valence-electron chi connectivity index (χ2n) is 3.51. The molecule has 0 atom stereocenters. The van der Waals surface area contributed by atoms with Crippen molar-refractivity contribution < 1.29 is 0 Å². The van der Waals surface area contributed by atoms with Crippen molar-refractivity contribution in [3.8, 4) is 11.1 Å². The van der Waals surface area contributed by atoms with Gasteiger partial charge in [0.05, 0.1) is 0 Å². The van der Waals surface area contributed by atoms with Gasteiger partial charge in [-0.1, -0.05) is 95.5 Å². The Morgan fingerprint density at radius 3 is 1.12 bits per heavy atom. The van der Waals surface area contributed by atoms with E-state index >= 15 is 0 Å². The van der Waals surface area contributed by atoms with Crippen molar-refractivity contribution in [1.29, 1.82) is 0 Å². The topological polar surface area (TPSA) is 0 Å². The van der Waals surface area contributed by atoms with Gasteiger partial charge in [0.15, 0.2) is 3.79 Å². The van der Waals surface area contributed by atoms with Crippen LogP contribution in [0, 0.1) is 0 Å². The van der Waals surface area contributed by atoms with Crippen LogP contribution in [0.3, 0.4) is 0 Å². The van der Waals surface area contributed by atoms with E-state index in [-0.39, 0.29) is 0 Å². The summed E-state index contributed by atoms with van der Waals surface area (Å²) < 4.78 is -1.08. The zero-order valence-corrected chi connectivity index (χ0v) is 11.7. The summed E-state index contributed by atoms with van der Waals surface area (Å²) in [4.78, 5) is 0. The first-order chi connectivity index (χ1) is 7.97. The predicted octanol–water partition coefficient (Wildman–Crippen LogP) is 5.73. The molecule has 0 aliphatic carbocycles. The van der Waals surface area contributed by atoms with Crippen LogP contribution in [0.1, 0.15) is 6.92 Å². The van der Waals surface area contributed by atoms with Gasteiger partial charge in [-0.2, -0.15) is 0 Å². The van der Waals surface area contributed by atoms with E-state index in [4.69, 9.17) is 34.8 Å². The summed E-state index contributed by atoms with van der Waals surface area (Å²) in [7, 11) is 0. The SMILES string of the molecule is CC(Cl)(Cl)Cl.c1ccc(-c2ccccc2)cc1. The summed E-state index contributed by atoms with van der Waals surface area (Å²) >= 11 is 15.2. The summed E-state index contributed by atoms with van der Waals surface area (Å²) in [6.45, 7) is 1.48. The van der Waals surface area contributed by atoms with E-state index in [1.165, 1.54) is 18.1 Å². The average molecular weight is 288 g/mol. The minimum atomic E-state index is -1.08. The van der Waals surface area contributed by atoms with E-state index in [1.54, 1.807) is 0 Å². The maximum absolute atomic E-state index is 5.06. The highest BCUT2D eigenvalue weighted by molar-refractivity contribution is 6.67. The molecule has 3 heteroatoms. The number of benzene rings is 2. The molecule has 0 N–H and O–H groups in total. The van der Waals surface area contributed by atoms with Crippen LogP contribution in [-0.2, 0) is 0 Å². The number of halogens is 3. The van der Waals surface area contributed by atoms with Crippen molar-refractivity contribution in [1.82, 2.24) is 0 Å². The second-order valence-corrected chi connectivity index (χ2v) is 6.36. The van der Waals surface area contributed by atoms with E-state index in [0.29, 0.717) is 0 Å². The van der Waals surface area contributed by atoms with Crippen LogP contribution in [0.4, 0.5) is 0 Å². The third-order valence-electron chi connectivity index (χ3n) is 1.88. The molecule has 17 heavy (non-hydrogen) atoms. The first kappa shape index (κ1) is 14.4. The molecule has 0 amide bonds. The molecular weight excluding hydrogens is 275 g/mol. The Labute approximate surface area is 117 Å². The first-order valence-corrected chi connectivity index (χ1v) is 6.27. The van der Waals surface area contributed by atoms with Crippen molar-refractivity contribution in [2.45, 2.75) is 10.7 Å². The molecule has 2 rings (SSSR count). The van der Waals surface area contributed by atoms with E-state index in [9.17, 15) is 0 Å². The van der Waals surface area contributed by atoms with Crippen molar-refractivity contribution in [2.75, 3.05) is 0 Å². The first-order valence-electron chi connectivity index (χ1n) is 5.14. The lowest BCUT2D eigenvalue weighted by Crippen LogP contribution is -1.87. The van der Waals surface area contributed by atoms with Crippen LogP contribution in [0.2, 0.25) is 0 Å². The fourth-order valence-electron chi connectivity index (χ4n) is 1.26. The van der Waals surface area contributed by atoms with E-state index in [1.807, 2.05) is 12.1 Å². The number of rotatable bonds is 1. The number of alkyl halides is 3. The average Bonchev–Trinajstić information content (AvgIpc) is 2.29. The standard InChI is InChI=1S/C12H10.C2H3Cl3/c1-3-7-11(8-4-1)12-9-5-2-6-10-12;1-2(3,4)5/h1-10H;1H3. The molecule has 0 aromatic heterocycles.